The van der Waals surface area contributed by atoms with Crippen LogP contribution < -0.4 is 20.3 Å². The molecule has 0 amide bonds. The fraction of sp³-hybridized carbons (Fsp3) is 0.176. The molecule has 26 heavy (non-hydrogen) atoms. The normalized spacial score (nSPS) is 17.5. The molecule has 1 aliphatic rings. The maximum absolute atomic E-state index is 13.2. The van der Waals surface area contributed by atoms with Crippen molar-refractivity contribution >= 4 is 21.4 Å². The predicted molar refractivity (Wildman–Crippen MR) is 94.2 cm³/mol. The van der Waals surface area contributed by atoms with Gasteiger partial charge in [-0.3, -0.25) is 5.01 Å². The number of rotatable bonds is 5. The predicted octanol–water partition coefficient (Wildman–Crippen LogP) is 2.34. The van der Waals surface area contributed by atoms with Crippen molar-refractivity contribution in [2.45, 2.75) is 17.4 Å². The van der Waals surface area contributed by atoms with Gasteiger partial charge in [0.05, 0.1) is 23.4 Å². The van der Waals surface area contributed by atoms with E-state index in [0.717, 1.165) is 0 Å². The van der Waals surface area contributed by atoms with Gasteiger partial charge >= 0.3 is 0 Å². The SMILES string of the molecule is COc1ccc(C2=CC(C(F)F)NN2c2ccc(S(N)(=O)=O)cc2)cc1. The van der Waals surface area contributed by atoms with Gasteiger partial charge in [0.15, 0.2) is 0 Å². The number of sulfonamides is 1. The van der Waals surface area contributed by atoms with Gasteiger partial charge in [0, 0.05) is 0 Å². The number of methoxy groups -OCH3 is 1. The van der Waals surface area contributed by atoms with Gasteiger partial charge in [0.2, 0.25) is 10.0 Å². The van der Waals surface area contributed by atoms with Crippen LogP contribution in [0.3, 0.4) is 0 Å². The van der Waals surface area contributed by atoms with E-state index in [9.17, 15) is 17.2 Å². The second kappa shape index (κ2) is 7.02. The molecule has 3 N–H and O–H groups in total. The number of primary sulfonamides is 1. The van der Waals surface area contributed by atoms with Crippen molar-refractivity contribution in [1.29, 1.82) is 0 Å². The summed E-state index contributed by atoms with van der Waals surface area (Å²) in [5.74, 6) is 0.648. The summed E-state index contributed by atoms with van der Waals surface area (Å²) in [6, 6.07) is 11.5. The number of hydrogen-bond donors (Lipinski definition) is 2. The Labute approximate surface area is 149 Å². The minimum absolute atomic E-state index is 0.0548. The van der Waals surface area contributed by atoms with E-state index in [2.05, 4.69) is 5.43 Å². The molecule has 9 heteroatoms. The molecule has 1 aliphatic heterocycles. The first-order chi connectivity index (χ1) is 12.3. The van der Waals surface area contributed by atoms with E-state index in [-0.39, 0.29) is 4.90 Å². The Hall–Kier alpha value is -2.49. The van der Waals surface area contributed by atoms with E-state index in [1.54, 1.807) is 24.3 Å². The van der Waals surface area contributed by atoms with Gasteiger partial charge < -0.3 is 4.74 Å². The number of ether oxygens (including phenoxy) is 1. The fourth-order valence-electron chi connectivity index (χ4n) is 2.62. The van der Waals surface area contributed by atoms with E-state index >= 15 is 0 Å². The summed E-state index contributed by atoms with van der Waals surface area (Å²) in [7, 11) is -2.29. The Kier molecular flexibility index (Phi) is 4.94. The molecule has 0 radical (unpaired) electrons. The van der Waals surface area contributed by atoms with Crippen LogP contribution >= 0.6 is 0 Å². The van der Waals surface area contributed by atoms with Crippen molar-refractivity contribution in [2.24, 2.45) is 5.14 Å². The molecular formula is C17H17F2N3O3S. The summed E-state index contributed by atoms with van der Waals surface area (Å²) in [6.45, 7) is 0. The van der Waals surface area contributed by atoms with Crippen LogP contribution in [0.25, 0.3) is 5.70 Å². The first kappa shape index (κ1) is 18.3. The lowest BCUT2D eigenvalue weighted by atomic mass is 10.1. The highest BCUT2D eigenvalue weighted by Gasteiger charge is 2.30. The largest absolute Gasteiger partial charge is 0.497 e. The number of hydrazine groups is 1. The molecule has 0 fully saturated rings. The molecule has 3 rings (SSSR count). The van der Waals surface area contributed by atoms with Crippen molar-refractivity contribution in [3.05, 3.63) is 60.2 Å². The van der Waals surface area contributed by atoms with Crippen molar-refractivity contribution in [3.8, 4) is 5.75 Å². The molecule has 0 saturated heterocycles. The van der Waals surface area contributed by atoms with Crippen molar-refractivity contribution in [2.75, 3.05) is 12.1 Å². The van der Waals surface area contributed by atoms with Crippen LogP contribution in [0.5, 0.6) is 5.75 Å². The summed E-state index contributed by atoms with van der Waals surface area (Å²) in [5, 5.41) is 6.58. The second-order valence-electron chi connectivity index (χ2n) is 5.64. The van der Waals surface area contributed by atoms with Crippen molar-refractivity contribution in [1.82, 2.24) is 5.43 Å². The zero-order chi connectivity index (χ0) is 18.9. The van der Waals surface area contributed by atoms with Gasteiger partial charge in [-0.05, 0) is 60.2 Å². The van der Waals surface area contributed by atoms with E-state index < -0.39 is 22.5 Å². The Balaban J connectivity index is 1.97. The lowest BCUT2D eigenvalue weighted by Crippen LogP contribution is -2.40. The quantitative estimate of drug-likeness (QED) is 0.831. The highest BCUT2D eigenvalue weighted by Crippen LogP contribution is 2.32. The molecule has 0 spiro atoms. The molecule has 1 atom stereocenters. The van der Waals surface area contributed by atoms with Crippen LogP contribution in [-0.2, 0) is 10.0 Å². The minimum Gasteiger partial charge on any atom is -0.497 e. The highest BCUT2D eigenvalue weighted by atomic mass is 32.2. The lowest BCUT2D eigenvalue weighted by Gasteiger charge is -2.24. The molecule has 0 aliphatic carbocycles. The molecule has 1 heterocycles. The van der Waals surface area contributed by atoms with Crippen LogP contribution in [0.4, 0.5) is 14.5 Å². The zero-order valence-corrected chi connectivity index (χ0v) is 14.6. The van der Waals surface area contributed by atoms with Gasteiger partial charge in [-0.1, -0.05) is 0 Å². The second-order valence-corrected chi connectivity index (χ2v) is 7.21. The fourth-order valence-corrected chi connectivity index (χ4v) is 3.13. The summed E-state index contributed by atoms with van der Waals surface area (Å²) >= 11 is 0. The third-order valence-electron chi connectivity index (χ3n) is 3.94. The number of hydrogen-bond acceptors (Lipinski definition) is 5. The summed E-state index contributed by atoms with van der Waals surface area (Å²) in [6.07, 6.45) is -1.17. The Bertz CT molecular complexity index is 913. The highest BCUT2D eigenvalue weighted by molar-refractivity contribution is 7.89. The number of alkyl halides is 2. The van der Waals surface area contributed by atoms with E-state index in [4.69, 9.17) is 9.88 Å². The van der Waals surface area contributed by atoms with Gasteiger partial charge in [-0.15, -0.1) is 0 Å². The van der Waals surface area contributed by atoms with Crippen LogP contribution in [0.2, 0.25) is 0 Å². The molecule has 0 saturated carbocycles. The number of nitrogens with two attached hydrogens (primary N) is 1. The molecule has 0 aromatic heterocycles. The maximum atomic E-state index is 13.2. The average Bonchev–Trinajstić information content (AvgIpc) is 3.07. The first-order valence-electron chi connectivity index (χ1n) is 7.63. The van der Waals surface area contributed by atoms with Gasteiger partial charge in [-0.2, -0.15) is 0 Å². The third kappa shape index (κ3) is 3.69. The molecular weight excluding hydrogens is 364 g/mol. The van der Waals surface area contributed by atoms with E-state index in [1.165, 1.54) is 42.5 Å². The molecule has 6 nitrogen and oxygen atoms in total. The van der Waals surface area contributed by atoms with Crippen molar-refractivity contribution < 1.29 is 21.9 Å². The number of halogens is 2. The van der Waals surface area contributed by atoms with Gasteiger partial charge in [0.25, 0.3) is 6.43 Å². The number of benzene rings is 2. The summed E-state index contributed by atoms with van der Waals surface area (Å²) < 4.78 is 54.3. The topological polar surface area (TPSA) is 84.7 Å². The smallest absolute Gasteiger partial charge is 0.259 e. The molecule has 138 valence electrons. The summed E-state index contributed by atoms with van der Waals surface area (Å²) in [5.41, 5.74) is 4.46. The van der Waals surface area contributed by atoms with Crippen LogP contribution in [0.15, 0.2) is 59.5 Å². The number of nitrogens with zero attached hydrogens (tertiary/aromatic N) is 1. The number of anilines is 1. The molecule has 0 bridgehead atoms. The molecule has 2 aromatic rings. The molecule has 2 aromatic carbocycles. The Morgan fingerprint density at radius 3 is 2.23 bits per heavy atom. The van der Waals surface area contributed by atoms with Gasteiger partial charge in [0.1, 0.15) is 11.8 Å². The zero-order valence-electron chi connectivity index (χ0n) is 13.8. The van der Waals surface area contributed by atoms with Crippen LogP contribution in [0.1, 0.15) is 5.56 Å². The lowest BCUT2D eigenvalue weighted by molar-refractivity contribution is 0.121. The molecule has 1 unspecified atom stereocenters. The van der Waals surface area contributed by atoms with E-state index in [1.807, 2.05) is 0 Å². The average molecular weight is 381 g/mol. The first-order valence-corrected chi connectivity index (χ1v) is 9.18. The van der Waals surface area contributed by atoms with Crippen LogP contribution in [-0.4, -0.2) is 28.0 Å². The van der Waals surface area contributed by atoms with Gasteiger partial charge in [-0.25, -0.2) is 27.8 Å². The number of nitrogens with one attached hydrogen (secondary N) is 1. The monoisotopic (exact) mass is 381 g/mol. The van der Waals surface area contributed by atoms with E-state index in [0.29, 0.717) is 22.7 Å². The third-order valence-corrected chi connectivity index (χ3v) is 4.87. The minimum atomic E-state index is -3.83. The Morgan fingerprint density at radius 2 is 1.73 bits per heavy atom. The summed E-state index contributed by atoms with van der Waals surface area (Å²) in [4.78, 5) is -0.0548. The maximum Gasteiger partial charge on any atom is 0.259 e. The van der Waals surface area contributed by atoms with Crippen LogP contribution in [0, 0.1) is 0 Å². The van der Waals surface area contributed by atoms with Crippen molar-refractivity contribution in [3.63, 3.8) is 0 Å². The standard InChI is InChI=1S/C17H17F2N3O3S/c1-25-13-6-2-11(3-7-13)16-10-15(17(18)19)21-22(16)12-4-8-14(9-5-12)26(20,23)24/h2-10,15,17,21H,1H3,(H2,20,23,24). The Morgan fingerprint density at radius 1 is 1.12 bits per heavy atom.